The molecule has 0 atom stereocenters. The van der Waals surface area contributed by atoms with E-state index in [0.717, 1.165) is 6.07 Å². The smallest absolute Gasteiger partial charge is 0.197 e. The fourth-order valence-electron chi connectivity index (χ4n) is 2.17. The third-order valence-electron chi connectivity index (χ3n) is 3.19. The summed E-state index contributed by atoms with van der Waals surface area (Å²) in [5, 5.41) is 19.5. The lowest BCUT2D eigenvalue weighted by atomic mass is 10.1. The van der Waals surface area contributed by atoms with Crippen LogP contribution in [0.2, 0.25) is 0 Å². The Bertz CT molecular complexity index is 894. The lowest BCUT2D eigenvalue weighted by Crippen LogP contribution is -2.02. The number of fused-ring (bicyclic) bond motifs is 1. The number of hydrogen-bond donors (Lipinski definition) is 2. The zero-order valence-electron chi connectivity index (χ0n) is 10.7. The average molecular weight is 282 g/mol. The Hall–Kier alpha value is -3.08. The maximum atomic E-state index is 12.2. The molecule has 0 saturated carbocycles. The number of phenols is 2. The van der Waals surface area contributed by atoms with Crippen LogP contribution in [-0.2, 0) is 0 Å². The van der Waals surface area contributed by atoms with Crippen LogP contribution >= 0.6 is 0 Å². The van der Waals surface area contributed by atoms with E-state index in [-0.39, 0.29) is 22.8 Å². The van der Waals surface area contributed by atoms with Gasteiger partial charge in [0.1, 0.15) is 28.2 Å². The van der Waals surface area contributed by atoms with Crippen molar-refractivity contribution in [3.05, 3.63) is 58.3 Å². The molecule has 0 bridgehead atoms. The first kappa shape index (κ1) is 12.9. The van der Waals surface area contributed by atoms with E-state index in [1.54, 1.807) is 24.3 Å². The van der Waals surface area contributed by atoms with Crippen LogP contribution in [0.1, 0.15) is 10.4 Å². The molecule has 21 heavy (non-hydrogen) atoms. The van der Waals surface area contributed by atoms with Gasteiger partial charge >= 0.3 is 0 Å². The molecular formula is C16H10O5. The molecule has 0 aliphatic rings. The van der Waals surface area contributed by atoms with Gasteiger partial charge in [-0.15, -0.1) is 0 Å². The van der Waals surface area contributed by atoms with E-state index in [1.807, 2.05) is 6.07 Å². The summed E-state index contributed by atoms with van der Waals surface area (Å²) in [5.74, 6) is -0.706. The predicted molar refractivity (Wildman–Crippen MR) is 76.6 cm³/mol. The molecule has 0 fully saturated rings. The topological polar surface area (TPSA) is 87.7 Å². The number of carbonyl (C=O) groups is 1. The van der Waals surface area contributed by atoms with E-state index >= 15 is 0 Å². The van der Waals surface area contributed by atoms with Gasteiger partial charge in [0.05, 0.1) is 5.56 Å². The molecule has 0 aliphatic carbocycles. The fraction of sp³-hybridized carbons (Fsp3) is 0. The largest absolute Gasteiger partial charge is 0.507 e. The number of aldehydes is 1. The van der Waals surface area contributed by atoms with Crippen molar-refractivity contribution in [2.75, 3.05) is 0 Å². The number of aromatic hydroxyl groups is 2. The Morgan fingerprint density at radius 2 is 1.76 bits per heavy atom. The van der Waals surface area contributed by atoms with Crippen molar-refractivity contribution in [1.29, 1.82) is 0 Å². The van der Waals surface area contributed by atoms with Gasteiger partial charge in [0.25, 0.3) is 0 Å². The molecule has 0 aliphatic heterocycles. The molecule has 3 rings (SSSR count). The van der Waals surface area contributed by atoms with Crippen LogP contribution in [0.3, 0.4) is 0 Å². The second kappa shape index (κ2) is 4.79. The highest BCUT2D eigenvalue weighted by Crippen LogP contribution is 2.34. The van der Waals surface area contributed by atoms with Crippen LogP contribution in [0.4, 0.5) is 0 Å². The minimum absolute atomic E-state index is 0.0157. The number of benzene rings is 2. The molecule has 3 aromatic rings. The molecule has 0 saturated heterocycles. The Morgan fingerprint density at radius 3 is 2.43 bits per heavy atom. The van der Waals surface area contributed by atoms with Crippen molar-refractivity contribution in [2.24, 2.45) is 0 Å². The molecule has 5 heteroatoms. The van der Waals surface area contributed by atoms with Crippen molar-refractivity contribution in [3.8, 4) is 22.8 Å². The summed E-state index contributed by atoms with van der Waals surface area (Å²) in [6, 6.07) is 11.3. The first-order chi connectivity index (χ1) is 10.1. The second-order valence-corrected chi connectivity index (χ2v) is 4.49. The lowest BCUT2D eigenvalue weighted by Gasteiger charge is -2.07. The van der Waals surface area contributed by atoms with Gasteiger partial charge in [-0.3, -0.25) is 9.59 Å². The van der Waals surface area contributed by atoms with E-state index in [2.05, 4.69) is 0 Å². The molecule has 0 radical (unpaired) electrons. The molecule has 2 N–H and O–H groups in total. The standard InChI is InChI=1S/C16H10O5/c17-8-10-11(18)6-14-15(16(10)20)12(19)7-13(21-14)9-4-2-1-3-5-9/h1-8,18,20H. The van der Waals surface area contributed by atoms with Gasteiger partial charge in [-0.05, 0) is 0 Å². The summed E-state index contributed by atoms with van der Waals surface area (Å²) in [7, 11) is 0. The van der Waals surface area contributed by atoms with Crippen LogP contribution in [0.25, 0.3) is 22.3 Å². The molecule has 0 unspecified atom stereocenters. The summed E-state index contributed by atoms with van der Waals surface area (Å²) < 4.78 is 5.55. The molecular weight excluding hydrogens is 272 g/mol. The lowest BCUT2D eigenvalue weighted by molar-refractivity contribution is 0.111. The van der Waals surface area contributed by atoms with E-state index in [9.17, 15) is 19.8 Å². The van der Waals surface area contributed by atoms with Crippen LogP contribution in [0.5, 0.6) is 11.5 Å². The third-order valence-corrected chi connectivity index (χ3v) is 3.19. The molecule has 5 nitrogen and oxygen atoms in total. The van der Waals surface area contributed by atoms with Gasteiger partial charge in [-0.2, -0.15) is 0 Å². The minimum atomic E-state index is -0.576. The third kappa shape index (κ3) is 2.04. The number of rotatable bonds is 2. The number of carbonyl (C=O) groups excluding carboxylic acids is 1. The summed E-state index contributed by atoms with van der Waals surface area (Å²) in [5.41, 5.74) is -0.116. The molecule has 1 heterocycles. The molecule has 104 valence electrons. The van der Waals surface area contributed by atoms with Crippen molar-refractivity contribution in [2.45, 2.75) is 0 Å². The van der Waals surface area contributed by atoms with E-state index < -0.39 is 16.9 Å². The normalized spacial score (nSPS) is 10.7. The maximum Gasteiger partial charge on any atom is 0.197 e. The Labute approximate surface area is 118 Å². The summed E-state index contributed by atoms with van der Waals surface area (Å²) in [6.45, 7) is 0. The maximum absolute atomic E-state index is 12.2. The van der Waals surface area contributed by atoms with Gasteiger partial charge < -0.3 is 14.6 Å². The number of hydrogen-bond acceptors (Lipinski definition) is 5. The van der Waals surface area contributed by atoms with Crippen molar-refractivity contribution in [1.82, 2.24) is 0 Å². The van der Waals surface area contributed by atoms with Crippen LogP contribution in [0, 0.1) is 0 Å². The zero-order valence-corrected chi connectivity index (χ0v) is 10.7. The quantitative estimate of drug-likeness (QED) is 0.705. The van der Waals surface area contributed by atoms with Crippen LogP contribution in [0.15, 0.2) is 51.7 Å². The molecule has 0 amide bonds. The van der Waals surface area contributed by atoms with Crippen molar-refractivity contribution in [3.63, 3.8) is 0 Å². The average Bonchev–Trinajstić information content (AvgIpc) is 2.47. The minimum Gasteiger partial charge on any atom is -0.507 e. The van der Waals surface area contributed by atoms with Crippen molar-refractivity contribution < 1.29 is 19.4 Å². The highest BCUT2D eigenvalue weighted by molar-refractivity contribution is 5.96. The van der Waals surface area contributed by atoms with Gasteiger partial charge in [0.2, 0.25) is 0 Å². The summed E-state index contributed by atoms with van der Waals surface area (Å²) in [6.07, 6.45) is 0.286. The summed E-state index contributed by atoms with van der Waals surface area (Å²) in [4.78, 5) is 23.0. The number of phenolic OH excluding ortho intramolecular Hbond substituents is 2. The van der Waals surface area contributed by atoms with Crippen LogP contribution in [-0.4, -0.2) is 16.5 Å². The molecule has 2 aromatic carbocycles. The zero-order chi connectivity index (χ0) is 15.0. The van der Waals surface area contributed by atoms with E-state index in [1.165, 1.54) is 6.07 Å². The fourth-order valence-corrected chi connectivity index (χ4v) is 2.17. The Morgan fingerprint density at radius 1 is 1.05 bits per heavy atom. The highest BCUT2D eigenvalue weighted by Gasteiger charge is 2.17. The van der Waals surface area contributed by atoms with Gasteiger partial charge in [-0.1, -0.05) is 30.3 Å². The van der Waals surface area contributed by atoms with E-state index in [4.69, 9.17) is 4.42 Å². The van der Waals surface area contributed by atoms with Gasteiger partial charge in [0.15, 0.2) is 11.7 Å². The molecule has 0 spiro atoms. The van der Waals surface area contributed by atoms with Crippen molar-refractivity contribution >= 4 is 17.3 Å². The Balaban J connectivity index is 2.36. The Kier molecular flexibility index (Phi) is 2.95. The molecule has 1 aromatic heterocycles. The predicted octanol–water partition coefficient (Wildman–Crippen LogP) is 2.68. The van der Waals surface area contributed by atoms with Gasteiger partial charge in [0, 0.05) is 17.7 Å². The first-order valence-corrected chi connectivity index (χ1v) is 6.15. The monoisotopic (exact) mass is 282 g/mol. The van der Waals surface area contributed by atoms with Gasteiger partial charge in [-0.25, -0.2) is 0 Å². The highest BCUT2D eigenvalue weighted by atomic mass is 16.3. The first-order valence-electron chi connectivity index (χ1n) is 6.15. The second-order valence-electron chi connectivity index (χ2n) is 4.49. The van der Waals surface area contributed by atoms with E-state index in [0.29, 0.717) is 11.3 Å². The SMILES string of the molecule is O=Cc1c(O)cc2oc(-c3ccccc3)cc(=O)c2c1O. The van der Waals surface area contributed by atoms with Crippen LogP contribution < -0.4 is 5.43 Å². The summed E-state index contributed by atoms with van der Waals surface area (Å²) >= 11 is 0.